The number of amides is 1. The molecule has 8 heteroatoms. The van der Waals surface area contributed by atoms with Crippen molar-refractivity contribution < 1.29 is 29.0 Å². The molecule has 0 aromatic heterocycles. The standard InChI is InChI=1S/C12H16N2O6/c1-5(15)13-8(12(18)19-3)9-11(20-6(2)16)10(17)7-4-14(7)9/h7,10-11,17H,4H2,1-3H3,(H,13,15)/b9-8+/t7-,10+,11+,14?/m0/s1. The van der Waals surface area contributed by atoms with Gasteiger partial charge in [-0.15, -0.1) is 0 Å². The summed E-state index contributed by atoms with van der Waals surface area (Å²) in [6.45, 7) is 2.99. The first-order chi connectivity index (χ1) is 9.36. The third kappa shape index (κ3) is 2.46. The third-order valence-electron chi connectivity index (χ3n) is 3.17. The summed E-state index contributed by atoms with van der Waals surface area (Å²) in [5.41, 5.74) is 0.171. The molecule has 2 fully saturated rings. The average molecular weight is 284 g/mol. The number of aliphatic hydroxyl groups is 1. The van der Waals surface area contributed by atoms with Crippen LogP contribution in [0, 0.1) is 0 Å². The largest absolute Gasteiger partial charge is 0.464 e. The van der Waals surface area contributed by atoms with Crippen LogP contribution in [0.3, 0.4) is 0 Å². The quantitative estimate of drug-likeness (QED) is 0.369. The third-order valence-corrected chi connectivity index (χ3v) is 3.17. The molecule has 1 amide bonds. The van der Waals surface area contributed by atoms with Crippen LogP contribution in [-0.2, 0) is 23.9 Å². The maximum atomic E-state index is 11.8. The van der Waals surface area contributed by atoms with Gasteiger partial charge in [0.2, 0.25) is 5.91 Å². The van der Waals surface area contributed by atoms with Crippen molar-refractivity contribution >= 4 is 17.8 Å². The smallest absolute Gasteiger partial charge is 0.356 e. The summed E-state index contributed by atoms with van der Waals surface area (Å²) < 4.78 is 9.67. The summed E-state index contributed by atoms with van der Waals surface area (Å²) in [7, 11) is 1.18. The lowest BCUT2D eigenvalue weighted by Crippen LogP contribution is -2.36. The van der Waals surface area contributed by atoms with E-state index in [2.05, 4.69) is 10.1 Å². The van der Waals surface area contributed by atoms with Gasteiger partial charge in [0.15, 0.2) is 11.8 Å². The first-order valence-corrected chi connectivity index (χ1v) is 6.08. The van der Waals surface area contributed by atoms with Crippen molar-refractivity contribution in [1.82, 2.24) is 10.2 Å². The Balaban J connectivity index is 2.40. The van der Waals surface area contributed by atoms with Crippen LogP contribution in [0.15, 0.2) is 11.4 Å². The van der Waals surface area contributed by atoms with Gasteiger partial charge >= 0.3 is 11.9 Å². The van der Waals surface area contributed by atoms with Crippen LogP contribution in [0.25, 0.3) is 0 Å². The molecule has 110 valence electrons. The van der Waals surface area contributed by atoms with Crippen molar-refractivity contribution in [2.45, 2.75) is 32.1 Å². The van der Waals surface area contributed by atoms with Gasteiger partial charge < -0.3 is 24.8 Å². The highest BCUT2D eigenvalue weighted by molar-refractivity contribution is 5.94. The maximum Gasteiger partial charge on any atom is 0.356 e. The molecule has 2 N–H and O–H groups in total. The van der Waals surface area contributed by atoms with Crippen LogP contribution in [0.4, 0.5) is 0 Å². The number of methoxy groups -OCH3 is 1. The first-order valence-electron chi connectivity index (χ1n) is 6.08. The van der Waals surface area contributed by atoms with Crippen molar-refractivity contribution in [2.75, 3.05) is 13.7 Å². The summed E-state index contributed by atoms with van der Waals surface area (Å²) in [6.07, 6.45) is -1.91. The molecule has 20 heavy (non-hydrogen) atoms. The number of rotatable bonds is 3. The van der Waals surface area contributed by atoms with Gasteiger partial charge in [-0.25, -0.2) is 4.79 Å². The number of carbonyl (C=O) groups excluding carboxylic acids is 3. The minimum absolute atomic E-state index is 0.106. The van der Waals surface area contributed by atoms with E-state index >= 15 is 0 Å². The molecular formula is C12H16N2O6. The number of nitrogens with one attached hydrogen (secondary N) is 1. The van der Waals surface area contributed by atoms with E-state index < -0.39 is 30.1 Å². The number of ether oxygens (including phenoxy) is 2. The summed E-state index contributed by atoms with van der Waals surface area (Å²) in [4.78, 5) is 35.8. The first kappa shape index (κ1) is 14.3. The molecule has 0 radical (unpaired) electrons. The van der Waals surface area contributed by atoms with Gasteiger partial charge in [-0.3, -0.25) is 9.59 Å². The molecule has 2 aliphatic heterocycles. The van der Waals surface area contributed by atoms with E-state index in [0.717, 1.165) is 0 Å². The minimum Gasteiger partial charge on any atom is -0.464 e. The summed E-state index contributed by atoms with van der Waals surface area (Å²) in [5, 5.41) is 12.4. The number of carbonyl (C=O) groups is 3. The van der Waals surface area contributed by atoms with Crippen molar-refractivity contribution in [3.63, 3.8) is 0 Å². The van der Waals surface area contributed by atoms with Crippen LogP contribution in [0.2, 0.25) is 0 Å². The van der Waals surface area contributed by atoms with Crippen LogP contribution < -0.4 is 5.32 Å². The number of nitrogens with zero attached hydrogens (tertiary/aromatic N) is 1. The van der Waals surface area contributed by atoms with Crippen LogP contribution >= 0.6 is 0 Å². The average Bonchev–Trinajstić information content (AvgIpc) is 3.09. The van der Waals surface area contributed by atoms with Gasteiger partial charge in [0.05, 0.1) is 18.8 Å². The van der Waals surface area contributed by atoms with E-state index in [0.29, 0.717) is 6.54 Å². The zero-order chi connectivity index (χ0) is 15.0. The Kier molecular flexibility index (Phi) is 3.67. The summed E-state index contributed by atoms with van der Waals surface area (Å²) in [5.74, 6) is -1.80. The summed E-state index contributed by atoms with van der Waals surface area (Å²) >= 11 is 0. The van der Waals surface area contributed by atoms with Crippen molar-refractivity contribution in [3.8, 4) is 0 Å². The van der Waals surface area contributed by atoms with E-state index in [-0.39, 0.29) is 17.4 Å². The lowest BCUT2D eigenvalue weighted by Gasteiger charge is -2.21. The second-order valence-corrected chi connectivity index (χ2v) is 4.67. The van der Waals surface area contributed by atoms with Gasteiger partial charge in [0.1, 0.15) is 6.10 Å². The zero-order valence-electron chi connectivity index (χ0n) is 11.4. The Labute approximate surface area is 115 Å². The molecule has 0 spiro atoms. The number of hydrogen-bond donors (Lipinski definition) is 2. The normalized spacial score (nSPS) is 29.4. The highest BCUT2D eigenvalue weighted by Gasteiger charge is 2.58. The van der Waals surface area contributed by atoms with E-state index in [1.54, 1.807) is 4.90 Å². The second kappa shape index (κ2) is 5.12. The Bertz CT molecular complexity index is 500. The predicted molar refractivity (Wildman–Crippen MR) is 64.9 cm³/mol. The van der Waals surface area contributed by atoms with Crippen LogP contribution in [0.5, 0.6) is 0 Å². The fourth-order valence-corrected chi connectivity index (χ4v) is 2.34. The second-order valence-electron chi connectivity index (χ2n) is 4.67. The Morgan fingerprint density at radius 2 is 2.00 bits per heavy atom. The van der Waals surface area contributed by atoms with Gasteiger partial charge in [0, 0.05) is 20.4 Å². The Morgan fingerprint density at radius 3 is 2.50 bits per heavy atom. The monoisotopic (exact) mass is 284 g/mol. The molecule has 2 heterocycles. The maximum absolute atomic E-state index is 11.8. The number of esters is 2. The molecule has 8 nitrogen and oxygen atoms in total. The number of hydrogen-bond acceptors (Lipinski definition) is 7. The number of aliphatic hydroxyl groups excluding tert-OH is 1. The molecule has 2 rings (SSSR count). The van der Waals surface area contributed by atoms with E-state index in [1.165, 1.54) is 21.0 Å². The van der Waals surface area contributed by atoms with E-state index in [4.69, 9.17) is 4.74 Å². The minimum atomic E-state index is -0.979. The Morgan fingerprint density at radius 1 is 1.35 bits per heavy atom. The molecule has 0 unspecified atom stereocenters. The van der Waals surface area contributed by atoms with Gasteiger partial charge in [-0.1, -0.05) is 0 Å². The van der Waals surface area contributed by atoms with Crippen LogP contribution in [0.1, 0.15) is 13.8 Å². The molecule has 0 bridgehead atoms. The van der Waals surface area contributed by atoms with Gasteiger partial charge in [-0.05, 0) is 0 Å². The molecule has 0 saturated carbocycles. The van der Waals surface area contributed by atoms with Crippen molar-refractivity contribution in [1.29, 1.82) is 0 Å². The molecule has 0 aromatic rings. The number of fused-ring (bicyclic) bond motifs is 1. The highest BCUT2D eigenvalue weighted by atomic mass is 16.6. The fraction of sp³-hybridized carbons (Fsp3) is 0.583. The molecule has 2 aliphatic rings. The molecule has 3 atom stereocenters. The predicted octanol–water partition coefficient (Wildman–Crippen LogP) is -1.50. The van der Waals surface area contributed by atoms with E-state index in [9.17, 15) is 19.5 Å². The lowest BCUT2D eigenvalue weighted by molar-refractivity contribution is -0.149. The number of piperidine rings is 1. The van der Waals surface area contributed by atoms with Crippen molar-refractivity contribution in [3.05, 3.63) is 11.4 Å². The lowest BCUT2D eigenvalue weighted by atomic mass is 10.1. The summed E-state index contributed by atoms with van der Waals surface area (Å²) in [6, 6.07) is -0.206. The zero-order valence-corrected chi connectivity index (χ0v) is 11.4. The fourth-order valence-electron chi connectivity index (χ4n) is 2.34. The molecule has 0 aliphatic carbocycles. The molecule has 2 saturated heterocycles. The highest BCUT2D eigenvalue weighted by Crippen LogP contribution is 2.42. The topological polar surface area (TPSA) is 105 Å². The van der Waals surface area contributed by atoms with Crippen molar-refractivity contribution in [2.24, 2.45) is 0 Å². The van der Waals surface area contributed by atoms with Crippen LogP contribution in [-0.4, -0.2) is 59.8 Å². The van der Waals surface area contributed by atoms with Gasteiger partial charge in [0.25, 0.3) is 0 Å². The molecular weight excluding hydrogens is 268 g/mol. The molecule has 0 aromatic carbocycles. The Hall–Kier alpha value is -2.09. The SMILES string of the molecule is COC(=O)/C(NC(C)=O)=C1/[C@@H](OC(C)=O)[C@H](O)[C@@H]2CN12. The van der Waals surface area contributed by atoms with E-state index in [1.807, 2.05) is 0 Å². The van der Waals surface area contributed by atoms with Gasteiger partial charge in [-0.2, -0.15) is 0 Å².